The molecule has 0 saturated carbocycles. The van der Waals surface area contributed by atoms with Crippen molar-refractivity contribution in [3.8, 4) is 12.3 Å². The van der Waals surface area contributed by atoms with Gasteiger partial charge in [0.05, 0.1) is 28.4 Å². The molecule has 4 aromatic carbocycles. The Hall–Kier alpha value is -7.25. The first-order valence-electron chi connectivity index (χ1n) is 24.4. The first-order chi connectivity index (χ1) is 34.5. The van der Waals surface area contributed by atoms with Crippen LogP contribution in [0.15, 0.2) is 109 Å². The van der Waals surface area contributed by atoms with Crippen LogP contribution in [0.3, 0.4) is 0 Å². The van der Waals surface area contributed by atoms with E-state index in [9.17, 15) is 24.0 Å². The predicted molar refractivity (Wildman–Crippen MR) is 280 cm³/mol. The number of rotatable bonds is 13. The van der Waals surface area contributed by atoms with Gasteiger partial charge in [0.1, 0.15) is 6.04 Å². The number of hydrogen-bond acceptors (Lipinski definition) is 10. The van der Waals surface area contributed by atoms with Crippen molar-refractivity contribution in [3.05, 3.63) is 153 Å². The summed E-state index contributed by atoms with van der Waals surface area (Å²) < 4.78 is 14.5. The molecule has 3 aliphatic rings. The Morgan fingerprint density at radius 1 is 0.806 bits per heavy atom. The van der Waals surface area contributed by atoms with Crippen molar-refractivity contribution >= 4 is 64.2 Å². The number of aromatic nitrogens is 3. The summed E-state index contributed by atoms with van der Waals surface area (Å²) in [6.45, 7) is 10.9. The summed E-state index contributed by atoms with van der Waals surface area (Å²) in [5, 5.41) is 9.34. The lowest BCUT2D eigenvalue weighted by molar-refractivity contribution is -0.135. The van der Waals surface area contributed by atoms with E-state index in [1.165, 1.54) is 4.57 Å². The van der Waals surface area contributed by atoms with E-state index >= 15 is 0 Å². The highest BCUT2D eigenvalue weighted by Gasteiger charge is 2.34. The number of likely N-dealkylation sites (tertiary alicyclic amines) is 2. The van der Waals surface area contributed by atoms with Crippen LogP contribution >= 0.6 is 12.4 Å². The number of hydrogen-bond donors (Lipinski definition) is 1. The molecule has 3 amide bonds. The average Bonchev–Trinajstić information content (AvgIpc) is 3.82. The number of pyridine rings is 1. The Morgan fingerprint density at radius 2 is 1.50 bits per heavy atom. The number of halogens is 1. The molecule has 0 radical (unpaired) electrons. The lowest BCUT2D eigenvalue weighted by Gasteiger charge is -2.43. The highest BCUT2D eigenvalue weighted by molar-refractivity contribution is 5.91. The molecule has 0 bridgehead atoms. The van der Waals surface area contributed by atoms with E-state index in [2.05, 4.69) is 39.8 Å². The van der Waals surface area contributed by atoms with Crippen molar-refractivity contribution in [2.75, 3.05) is 59.4 Å². The topological polar surface area (TPSA) is 152 Å². The zero-order chi connectivity index (χ0) is 49.6. The standard InChI is InChI=1S/C56H60N8O7.ClH/c1-5-39-11-9-14-44(30-39)54(67)70-36-63-50-16-8-7-13-43(50)34-48(52(63)65)42-17-23-62(24-18-42)56(69)58-49(53(66)61-27-25-60(26-28-61)47-19-21-59(4)22-20-47)33-41-29-38(3)51-46(32-41)35-57-64(51)37-71-55(68)45-15-10-12-40(6-2)31-45;/h2,5,7-16,29-32,34-35,42,47,49H,1,17-28,33,36-37H2,3-4H3,(H,58,69);1H. The Kier molecular flexibility index (Phi) is 16.2. The average molecular weight is 994 g/mol. The molecule has 374 valence electrons. The van der Waals surface area contributed by atoms with Crippen LogP contribution in [0, 0.1) is 19.3 Å². The maximum absolute atomic E-state index is 14.6. The van der Waals surface area contributed by atoms with Crippen LogP contribution in [0.25, 0.3) is 27.9 Å². The molecule has 0 aliphatic carbocycles. The second kappa shape index (κ2) is 22.9. The highest BCUT2D eigenvalue weighted by atomic mass is 35.5. The van der Waals surface area contributed by atoms with Gasteiger partial charge in [0.15, 0.2) is 13.5 Å². The first kappa shape index (κ1) is 51.1. The number of benzene rings is 4. The summed E-state index contributed by atoms with van der Waals surface area (Å²) in [4.78, 5) is 77.7. The molecular formula is C56H61ClN8O7. The number of piperazine rings is 1. The maximum atomic E-state index is 14.6. The number of fused-ring (bicyclic) bond motifs is 2. The number of carbonyl (C=O) groups is 4. The molecule has 5 heterocycles. The number of nitrogens with one attached hydrogen (secondary N) is 1. The minimum atomic E-state index is -0.851. The van der Waals surface area contributed by atoms with Crippen molar-refractivity contribution in [1.29, 1.82) is 0 Å². The van der Waals surface area contributed by atoms with Gasteiger partial charge < -0.3 is 29.5 Å². The summed E-state index contributed by atoms with van der Waals surface area (Å²) in [6, 6.07) is 26.4. The molecule has 16 heteroatoms. The second-order valence-corrected chi connectivity index (χ2v) is 18.9. The number of urea groups is 1. The van der Waals surface area contributed by atoms with Gasteiger partial charge in [0, 0.05) is 68.2 Å². The van der Waals surface area contributed by atoms with Gasteiger partial charge in [-0.3, -0.25) is 19.1 Å². The van der Waals surface area contributed by atoms with E-state index in [0.29, 0.717) is 72.8 Å². The number of nitrogens with zero attached hydrogens (tertiary/aromatic N) is 7. The molecule has 72 heavy (non-hydrogen) atoms. The highest BCUT2D eigenvalue weighted by Crippen LogP contribution is 2.29. The molecule has 1 N–H and O–H groups in total. The third-order valence-electron chi connectivity index (χ3n) is 14.4. The number of aryl methyl sites for hydroxylation is 1. The lowest BCUT2D eigenvalue weighted by Crippen LogP contribution is -2.59. The van der Waals surface area contributed by atoms with Crippen molar-refractivity contribution in [2.45, 2.75) is 70.5 Å². The normalized spacial score (nSPS) is 16.4. The smallest absolute Gasteiger partial charge is 0.339 e. The molecule has 15 nitrogen and oxygen atoms in total. The van der Waals surface area contributed by atoms with E-state index in [4.69, 9.17) is 15.9 Å². The zero-order valence-corrected chi connectivity index (χ0v) is 41.7. The van der Waals surface area contributed by atoms with Crippen LogP contribution in [0.2, 0.25) is 0 Å². The summed E-state index contributed by atoms with van der Waals surface area (Å²) in [7, 11) is 2.16. The van der Waals surface area contributed by atoms with Crippen LogP contribution in [-0.4, -0.2) is 129 Å². The largest absolute Gasteiger partial charge is 0.440 e. The quantitative estimate of drug-likeness (QED) is 0.0940. The van der Waals surface area contributed by atoms with E-state index in [1.807, 2.05) is 60.4 Å². The van der Waals surface area contributed by atoms with Crippen molar-refractivity contribution in [3.63, 3.8) is 0 Å². The molecule has 0 spiro atoms. The van der Waals surface area contributed by atoms with Gasteiger partial charge in [-0.15, -0.1) is 18.8 Å². The van der Waals surface area contributed by atoms with Gasteiger partial charge >= 0.3 is 18.0 Å². The van der Waals surface area contributed by atoms with Crippen molar-refractivity contribution < 1.29 is 28.7 Å². The minimum absolute atomic E-state index is 0. The maximum Gasteiger partial charge on any atom is 0.339 e. The molecule has 2 aromatic heterocycles. The lowest BCUT2D eigenvalue weighted by atomic mass is 9.89. The molecule has 3 saturated heterocycles. The first-order valence-corrected chi connectivity index (χ1v) is 24.4. The third-order valence-corrected chi connectivity index (χ3v) is 14.4. The van der Waals surface area contributed by atoms with Crippen LogP contribution in [0.4, 0.5) is 4.79 Å². The van der Waals surface area contributed by atoms with Gasteiger partial charge in [0.25, 0.3) is 5.56 Å². The number of para-hydroxylation sites is 1. The zero-order valence-electron chi connectivity index (χ0n) is 40.8. The minimum Gasteiger partial charge on any atom is -0.440 e. The number of ether oxygens (including phenoxy) is 2. The number of esters is 2. The third kappa shape index (κ3) is 11.4. The van der Waals surface area contributed by atoms with Crippen LogP contribution in [0.1, 0.15) is 80.1 Å². The molecule has 3 aliphatic heterocycles. The summed E-state index contributed by atoms with van der Waals surface area (Å²) >= 11 is 0. The van der Waals surface area contributed by atoms with Gasteiger partial charge in [-0.05, 0) is 129 Å². The predicted octanol–water partition coefficient (Wildman–Crippen LogP) is 7.07. The van der Waals surface area contributed by atoms with Crippen LogP contribution in [-0.2, 0) is 34.2 Å². The van der Waals surface area contributed by atoms with Crippen LogP contribution in [0.5, 0.6) is 0 Å². The fraction of sp³-hybridized carbons (Fsp3) is 0.357. The number of amides is 3. The molecular weight excluding hydrogens is 932 g/mol. The van der Waals surface area contributed by atoms with E-state index in [-0.39, 0.29) is 55.7 Å². The number of piperidine rings is 2. The Balaban J connectivity index is 0.00000693. The van der Waals surface area contributed by atoms with Gasteiger partial charge in [-0.1, -0.05) is 61.0 Å². The van der Waals surface area contributed by atoms with E-state index in [0.717, 1.165) is 72.0 Å². The number of carbonyl (C=O) groups excluding carboxylic acids is 4. The van der Waals surface area contributed by atoms with Gasteiger partial charge in [-0.25, -0.2) is 19.1 Å². The number of terminal acetylenes is 1. The van der Waals surface area contributed by atoms with Gasteiger partial charge in [0.2, 0.25) is 5.91 Å². The Bertz CT molecular complexity index is 3080. The van der Waals surface area contributed by atoms with Gasteiger partial charge in [-0.2, -0.15) is 5.10 Å². The SMILES string of the molecule is C#Cc1cccc(C(=O)OCn2ncc3cc(CC(NC(=O)N4CCC(c5cc6ccccc6n(COC(=O)c6cccc(C=C)c6)c5=O)CC4)C(=O)N4CCN(C5CCN(C)CC5)CC4)cc(C)c32)c1.Cl. The molecule has 9 rings (SSSR count). The fourth-order valence-corrected chi connectivity index (χ4v) is 10.4. The van der Waals surface area contributed by atoms with Crippen molar-refractivity contribution in [2.24, 2.45) is 0 Å². The van der Waals surface area contributed by atoms with E-state index < -0.39 is 18.0 Å². The summed E-state index contributed by atoms with van der Waals surface area (Å²) in [6.07, 6.45) is 12.4. The molecule has 3 fully saturated rings. The van der Waals surface area contributed by atoms with Crippen LogP contribution < -0.4 is 10.9 Å². The summed E-state index contributed by atoms with van der Waals surface area (Å²) in [5.74, 6) is 1.18. The fourth-order valence-electron chi connectivity index (χ4n) is 10.4. The Morgan fingerprint density at radius 3 is 2.22 bits per heavy atom. The molecule has 6 aromatic rings. The monoisotopic (exact) mass is 992 g/mol. The molecule has 1 atom stereocenters. The summed E-state index contributed by atoms with van der Waals surface area (Å²) in [5.41, 5.74) is 5.58. The molecule has 1 unspecified atom stereocenters. The van der Waals surface area contributed by atoms with Crippen molar-refractivity contribution in [1.82, 2.24) is 39.3 Å². The second-order valence-electron chi connectivity index (χ2n) is 18.9. The van der Waals surface area contributed by atoms with E-state index in [1.54, 1.807) is 64.3 Å². The Labute approximate surface area is 425 Å².